The van der Waals surface area contributed by atoms with E-state index in [1.807, 2.05) is 45.0 Å². The van der Waals surface area contributed by atoms with Crippen molar-refractivity contribution < 1.29 is 18.0 Å². The second-order valence-corrected chi connectivity index (χ2v) is 12.4. The third-order valence-corrected chi connectivity index (χ3v) is 8.64. The predicted molar refractivity (Wildman–Crippen MR) is 155 cm³/mol. The Labute approximate surface area is 238 Å². The summed E-state index contributed by atoms with van der Waals surface area (Å²) in [6, 6.07) is 19.1. The number of sulfonamides is 1. The fourth-order valence-electron chi connectivity index (χ4n) is 3.76. The van der Waals surface area contributed by atoms with E-state index in [0.29, 0.717) is 5.02 Å². The molecule has 0 fully saturated rings. The van der Waals surface area contributed by atoms with Crippen LogP contribution < -0.4 is 9.62 Å². The summed E-state index contributed by atoms with van der Waals surface area (Å²) in [5, 5.41) is 3.21. The summed E-state index contributed by atoms with van der Waals surface area (Å²) in [4.78, 5) is 28.2. The van der Waals surface area contributed by atoms with Gasteiger partial charge in [-0.25, -0.2) is 8.42 Å². The Morgan fingerprint density at radius 1 is 0.974 bits per heavy atom. The largest absolute Gasteiger partial charge is 0.352 e. The SMILES string of the molecule is Cc1ccc(N(CC(=O)N(Cc2ccc(Br)cc2)[C@@H](C)C(=O)NC(C)C)S(=O)(=O)c2ccccc2)cc1Cl. The second-order valence-electron chi connectivity index (χ2n) is 9.25. The number of anilines is 1. The van der Waals surface area contributed by atoms with E-state index in [1.165, 1.54) is 23.1 Å². The van der Waals surface area contributed by atoms with Crippen molar-refractivity contribution in [2.75, 3.05) is 10.8 Å². The van der Waals surface area contributed by atoms with Gasteiger partial charge in [0.25, 0.3) is 10.0 Å². The summed E-state index contributed by atoms with van der Waals surface area (Å²) in [6.07, 6.45) is 0. The van der Waals surface area contributed by atoms with Crippen molar-refractivity contribution in [1.29, 1.82) is 0 Å². The van der Waals surface area contributed by atoms with Crippen molar-refractivity contribution in [3.05, 3.63) is 93.4 Å². The molecule has 3 rings (SSSR count). The fourth-order valence-corrected chi connectivity index (χ4v) is 5.63. The van der Waals surface area contributed by atoms with Crippen LogP contribution in [0.1, 0.15) is 31.9 Å². The molecule has 0 spiro atoms. The number of hydrogen-bond donors (Lipinski definition) is 1. The molecule has 0 radical (unpaired) electrons. The Balaban J connectivity index is 2.04. The minimum atomic E-state index is -4.14. The number of nitrogens with one attached hydrogen (secondary N) is 1. The molecule has 0 aromatic heterocycles. The van der Waals surface area contributed by atoms with Crippen molar-refractivity contribution in [3.8, 4) is 0 Å². The first-order valence-electron chi connectivity index (χ1n) is 12.1. The lowest BCUT2D eigenvalue weighted by atomic mass is 10.1. The quantitative estimate of drug-likeness (QED) is 0.322. The Kier molecular flexibility index (Phi) is 9.98. The zero-order valence-corrected chi connectivity index (χ0v) is 24.8. The Hall–Kier alpha value is -2.88. The van der Waals surface area contributed by atoms with Gasteiger partial charge in [0.1, 0.15) is 12.6 Å². The fraction of sp³-hybridized carbons (Fsp3) is 0.286. The standard InChI is InChI=1S/C28H31BrClN3O4S/c1-19(2)31-28(35)21(4)32(17-22-11-13-23(29)14-12-22)27(34)18-33(24-15-10-20(3)26(30)16-24)38(36,37)25-8-6-5-7-9-25/h5-16,19,21H,17-18H2,1-4H3,(H,31,35)/t21-/m0/s1. The highest BCUT2D eigenvalue weighted by molar-refractivity contribution is 9.10. The van der Waals surface area contributed by atoms with Crippen LogP contribution in [0.4, 0.5) is 5.69 Å². The van der Waals surface area contributed by atoms with Gasteiger partial charge < -0.3 is 10.2 Å². The van der Waals surface area contributed by atoms with Crippen LogP contribution >= 0.6 is 27.5 Å². The zero-order valence-electron chi connectivity index (χ0n) is 21.7. The van der Waals surface area contributed by atoms with Crippen LogP contribution in [0.15, 0.2) is 82.2 Å². The maximum absolute atomic E-state index is 13.9. The number of nitrogens with zero attached hydrogens (tertiary/aromatic N) is 2. The molecule has 0 saturated carbocycles. The van der Waals surface area contributed by atoms with Gasteiger partial charge in [0.05, 0.1) is 10.6 Å². The molecule has 38 heavy (non-hydrogen) atoms. The molecule has 0 bridgehead atoms. The summed E-state index contributed by atoms with van der Waals surface area (Å²) in [6.45, 7) is 6.70. The molecule has 0 aliphatic carbocycles. The molecule has 3 aromatic carbocycles. The highest BCUT2D eigenvalue weighted by atomic mass is 79.9. The maximum Gasteiger partial charge on any atom is 0.264 e. The van der Waals surface area contributed by atoms with Gasteiger partial charge >= 0.3 is 0 Å². The van der Waals surface area contributed by atoms with Crippen LogP contribution in [0, 0.1) is 6.92 Å². The van der Waals surface area contributed by atoms with Gasteiger partial charge in [0, 0.05) is 22.1 Å². The van der Waals surface area contributed by atoms with E-state index in [1.54, 1.807) is 37.3 Å². The van der Waals surface area contributed by atoms with Gasteiger partial charge in [-0.15, -0.1) is 0 Å². The molecule has 2 amide bonds. The first-order valence-corrected chi connectivity index (χ1v) is 14.7. The van der Waals surface area contributed by atoms with E-state index in [4.69, 9.17) is 11.6 Å². The molecule has 1 N–H and O–H groups in total. The Morgan fingerprint density at radius 3 is 2.18 bits per heavy atom. The number of benzene rings is 3. The number of aryl methyl sites for hydroxylation is 1. The highest BCUT2D eigenvalue weighted by Crippen LogP contribution is 2.28. The Morgan fingerprint density at radius 2 is 1.61 bits per heavy atom. The van der Waals surface area contributed by atoms with Gasteiger partial charge in [-0.3, -0.25) is 13.9 Å². The van der Waals surface area contributed by atoms with Crippen LogP contribution in [0.5, 0.6) is 0 Å². The first kappa shape index (κ1) is 29.7. The lowest BCUT2D eigenvalue weighted by Gasteiger charge is -2.32. The van der Waals surface area contributed by atoms with E-state index in [0.717, 1.165) is 19.9 Å². The van der Waals surface area contributed by atoms with Crippen LogP contribution in [0.25, 0.3) is 0 Å². The predicted octanol–water partition coefficient (Wildman–Crippen LogP) is 5.55. The van der Waals surface area contributed by atoms with E-state index < -0.39 is 28.5 Å². The topological polar surface area (TPSA) is 86.8 Å². The highest BCUT2D eigenvalue weighted by Gasteiger charge is 2.32. The van der Waals surface area contributed by atoms with Gasteiger partial charge in [-0.1, -0.05) is 63.9 Å². The van der Waals surface area contributed by atoms with Crippen molar-refractivity contribution in [3.63, 3.8) is 0 Å². The molecule has 0 aliphatic heterocycles. The third kappa shape index (κ3) is 7.36. The minimum Gasteiger partial charge on any atom is -0.352 e. The average molecular weight is 621 g/mol. The number of hydrogen-bond acceptors (Lipinski definition) is 4. The monoisotopic (exact) mass is 619 g/mol. The van der Waals surface area contributed by atoms with E-state index in [9.17, 15) is 18.0 Å². The molecule has 7 nitrogen and oxygen atoms in total. The molecule has 1 atom stereocenters. The number of carbonyl (C=O) groups is 2. The molecular weight excluding hydrogens is 590 g/mol. The van der Waals surface area contributed by atoms with Gasteiger partial charge in [-0.05, 0) is 75.2 Å². The van der Waals surface area contributed by atoms with E-state index in [2.05, 4.69) is 21.2 Å². The molecule has 0 unspecified atom stereocenters. The second kappa shape index (κ2) is 12.8. The van der Waals surface area contributed by atoms with Gasteiger partial charge in [0.2, 0.25) is 11.8 Å². The van der Waals surface area contributed by atoms with E-state index >= 15 is 0 Å². The maximum atomic E-state index is 13.9. The molecule has 0 saturated heterocycles. The lowest BCUT2D eigenvalue weighted by Crippen LogP contribution is -2.52. The van der Waals surface area contributed by atoms with Crippen molar-refractivity contribution in [2.24, 2.45) is 0 Å². The lowest BCUT2D eigenvalue weighted by molar-refractivity contribution is -0.139. The van der Waals surface area contributed by atoms with Crippen molar-refractivity contribution >= 4 is 55.1 Å². The number of rotatable bonds is 10. The van der Waals surface area contributed by atoms with Gasteiger partial charge in [0.15, 0.2) is 0 Å². The average Bonchev–Trinajstić information content (AvgIpc) is 2.88. The summed E-state index contributed by atoms with van der Waals surface area (Å²) in [5.41, 5.74) is 1.82. The molecule has 0 aliphatic rings. The smallest absolute Gasteiger partial charge is 0.264 e. The van der Waals surface area contributed by atoms with Crippen LogP contribution in [-0.2, 0) is 26.2 Å². The summed E-state index contributed by atoms with van der Waals surface area (Å²) in [5.74, 6) is -0.864. The van der Waals surface area contributed by atoms with Crippen molar-refractivity contribution in [2.45, 2.75) is 51.2 Å². The minimum absolute atomic E-state index is 0.0366. The molecule has 3 aromatic rings. The molecular formula is C28H31BrClN3O4S. The number of carbonyl (C=O) groups excluding carboxylic acids is 2. The molecule has 202 valence electrons. The van der Waals surface area contributed by atoms with Crippen molar-refractivity contribution in [1.82, 2.24) is 10.2 Å². The molecule has 10 heteroatoms. The van der Waals surface area contributed by atoms with Gasteiger partial charge in [-0.2, -0.15) is 0 Å². The molecule has 0 heterocycles. The summed E-state index contributed by atoms with van der Waals surface area (Å²) < 4.78 is 29.4. The normalized spacial score (nSPS) is 12.2. The van der Waals surface area contributed by atoms with Crippen LogP contribution in [0.2, 0.25) is 5.02 Å². The Bertz CT molecular complexity index is 1380. The van der Waals surface area contributed by atoms with Crippen LogP contribution in [0.3, 0.4) is 0 Å². The zero-order chi connectivity index (χ0) is 28.0. The number of amides is 2. The van der Waals surface area contributed by atoms with Crippen LogP contribution in [-0.4, -0.2) is 43.8 Å². The summed E-state index contributed by atoms with van der Waals surface area (Å²) in [7, 11) is -4.14. The van der Waals surface area contributed by atoms with E-state index in [-0.39, 0.29) is 29.1 Å². The first-order chi connectivity index (χ1) is 17.9. The third-order valence-electron chi connectivity index (χ3n) is 5.92. The summed E-state index contributed by atoms with van der Waals surface area (Å²) >= 11 is 9.74. The number of halogens is 2.